The van der Waals surface area contributed by atoms with Crippen LogP contribution in [-0.2, 0) is 7.05 Å². The molecule has 0 atom stereocenters. The Balaban J connectivity index is 0.000000191. The number of H-pyrrole nitrogens is 1. The highest BCUT2D eigenvalue weighted by Gasteiger charge is 2.00. The van der Waals surface area contributed by atoms with Crippen molar-refractivity contribution in [2.75, 3.05) is 4.93 Å². The topological polar surface area (TPSA) is 94.1 Å². The molecule has 7 heteroatoms. The van der Waals surface area contributed by atoms with Gasteiger partial charge in [-0.15, -0.1) is 0 Å². The van der Waals surface area contributed by atoms with E-state index in [0.717, 1.165) is 22.5 Å². The van der Waals surface area contributed by atoms with Gasteiger partial charge in [-0.25, -0.2) is 9.97 Å². The molecule has 0 aliphatic rings. The normalized spacial score (nSPS) is 9.14. The van der Waals surface area contributed by atoms with Gasteiger partial charge < -0.3 is 9.55 Å². The summed E-state index contributed by atoms with van der Waals surface area (Å²) in [5, 5.41) is 17.2. The molecule has 0 spiro atoms. The molecule has 2 heterocycles. The van der Waals surface area contributed by atoms with Crippen molar-refractivity contribution in [3.63, 3.8) is 0 Å². The van der Waals surface area contributed by atoms with Crippen LogP contribution >= 0.6 is 22.6 Å². The van der Waals surface area contributed by atoms with Crippen molar-refractivity contribution in [3.05, 3.63) is 84.7 Å². The Morgan fingerprint density at radius 1 is 0.897 bits per heavy atom. The molecule has 2 aromatic carbocycles. The van der Waals surface area contributed by atoms with Gasteiger partial charge in [0.1, 0.15) is 0 Å². The number of halogens is 1. The van der Waals surface area contributed by atoms with Gasteiger partial charge in [0.2, 0.25) is 0 Å². The molecule has 144 valence electrons. The molecule has 4 aromatic rings. The number of nitrogens with one attached hydrogen (secondary N) is 1. The maximum absolute atomic E-state index is 8.63. The third-order valence-corrected chi connectivity index (χ3v) is 3.84. The largest absolute Gasteiger partial charge is 0.345 e. The standard InChI is InChI=1S/C11H9N3.C10H7N3.CH3I/c1-14-7-11(13-8-14)10-4-2-9(6-12)3-5-10;11-5-8-1-3-9(4-2-8)10-6-12-7-13-10;1-2/h2-5,7-8H,1H3;1-4,6-7H,(H,12,13);1H3. The zero-order valence-electron chi connectivity index (χ0n) is 16.0. The van der Waals surface area contributed by atoms with E-state index in [1.165, 1.54) is 0 Å². The van der Waals surface area contributed by atoms with E-state index in [1.807, 2.05) is 47.0 Å². The van der Waals surface area contributed by atoms with Crippen molar-refractivity contribution in [3.8, 4) is 34.7 Å². The Morgan fingerprint density at radius 3 is 1.86 bits per heavy atom. The minimum absolute atomic E-state index is 0.670. The second kappa shape index (κ2) is 11.4. The second-order valence-electron chi connectivity index (χ2n) is 5.77. The highest BCUT2D eigenvalue weighted by molar-refractivity contribution is 14.1. The number of imidazole rings is 2. The number of benzene rings is 2. The van der Waals surface area contributed by atoms with Crippen LogP contribution in [0.15, 0.2) is 73.6 Å². The molecule has 1 N–H and O–H groups in total. The van der Waals surface area contributed by atoms with E-state index >= 15 is 0 Å². The summed E-state index contributed by atoms with van der Waals surface area (Å²) in [7, 11) is 1.93. The van der Waals surface area contributed by atoms with Crippen molar-refractivity contribution in [2.24, 2.45) is 7.05 Å². The maximum atomic E-state index is 8.63. The second-order valence-corrected chi connectivity index (χ2v) is 5.77. The van der Waals surface area contributed by atoms with E-state index in [4.69, 9.17) is 10.5 Å². The van der Waals surface area contributed by atoms with E-state index in [0.29, 0.717) is 11.1 Å². The molecule has 0 radical (unpaired) electrons. The molecule has 0 aliphatic carbocycles. The molecule has 0 amide bonds. The van der Waals surface area contributed by atoms with Gasteiger partial charge in [0.15, 0.2) is 0 Å². The van der Waals surface area contributed by atoms with Crippen molar-refractivity contribution < 1.29 is 0 Å². The fourth-order valence-electron chi connectivity index (χ4n) is 2.42. The maximum Gasteiger partial charge on any atom is 0.0991 e. The number of nitriles is 2. The number of aromatic amines is 1. The van der Waals surface area contributed by atoms with Crippen LogP contribution in [0.2, 0.25) is 0 Å². The lowest BCUT2D eigenvalue weighted by molar-refractivity contribution is 0.913. The Morgan fingerprint density at radius 2 is 1.45 bits per heavy atom. The summed E-state index contributed by atoms with van der Waals surface area (Å²) >= 11 is 2.15. The molecule has 0 unspecified atom stereocenters. The van der Waals surface area contributed by atoms with Crippen LogP contribution in [-0.4, -0.2) is 24.4 Å². The van der Waals surface area contributed by atoms with Crippen molar-refractivity contribution in [2.45, 2.75) is 0 Å². The number of nitrogens with zero attached hydrogens (tertiary/aromatic N) is 5. The number of hydrogen-bond acceptors (Lipinski definition) is 4. The van der Waals surface area contributed by atoms with Gasteiger partial charge in [-0.3, -0.25) is 0 Å². The Bertz CT molecular complexity index is 1080. The lowest BCUT2D eigenvalue weighted by Gasteiger charge is -1.95. The molecule has 2 aromatic heterocycles. The predicted octanol–water partition coefficient (Wildman–Crippen LogP) is 4.96. The molecule has 29 heavy (non-hydrogen) atoms. The summed E-state index contributed by atoms with van der Waals surface area (Å²) in [5.41, 5.74) is 5.30. The fraction of sp³-hybridized carbons (Fsp3) is 0.0909. The lowest BCUT2D eigenvalue weighted by Crippen LogP contribution is -1.79. The highest BCUT2D eigenvalue weighted by Crippen LogP contribution is 2.17. The van der Waals surface area contributed by atoms with Crippen molar-refractivity contribution >= 4 is 22.6 Å². The minimum Gasteiger partial charge on any atom is -0.345 e. The van der Waals surface area contributed by atoms with Crippen molar-refractivity contribution in [1.82, 2.24) is 19.5 Å². The first-order valence-electron chi connectivity index (χ1n) is 8.55. The van der Waals surface area contributed by atoms with Gasteiger partial charge in [0, 0.05) is 18.8 Å². The Labute approximate surface area is 183 Å². The monoisotopic (exact) mass is 494 g/mol. The summed E-state index contributed by atoms with van der Waals surface area (Å²) in [4.78, 5) is 13.1. The number of hydrogen-bond donors (Lipinski definition) is 1. The van der Waals surface area contributed by atoms with Gasteiger partial charge >= 0.3 is 0 Å². The van der Waals surface area contributed by atoms with Gasteiger partial charge in [-0.2, -0.15) is 10.5 Å². The quantitative estimate of drug-likeness (QED) is 0.315. The van der Waals surface area contributed by atoms with Crippen LogP contribution in [0.5, 0.6) is 0 Å². The summed E-state index contributed by atoms with van der Waals surface area (Å²) in [6.07, 6.45) is 7.09. The fourth-order valence-corrected chi connectivity index (χ4v) is 2.42. The van der Waals surface area contributed by atoms with Crippen LogP contribution in [0.4, 0.5) is 0 Å². The average molecular weight is 494 g/mol. The van der Waals surface area contributed by atoms with Crippen LogP contribution in [0.25, 0.3) is 22.5 Å². The first kappa shape index (κ1) is 21.9. The van der Waals surface area contributed by atoms with Crippen LogP contribution in [0.1, 0.15) is 11.1 Å². The molecule has 6 nitrogen and oxygen atoms in total. The molecule has 0 aliphatic heterocycles. The molecule has 0 fully saturated rings. The number of alkyl halides is 1. The number of aryl methyl sites for hydroxylation is 1. The third kappa shape index (κ3) is 6.30. The summed E-state index contributed by atoms with van der Waals surface area (Å²) in [5.74, 6) is 0. The lowest BCUT2D eigenvalue weighted by atomic mass is 10.1. The summed E-state index contributed by atoms with van der Waals surface area (Å²) < 4.78 is 1.90. The first-order valence-corrected chi connectivity index (χ1v) is 10.7. The molecule has 0 saturated heterocycles. The zero-order valence-corrected chi connectivity index (χ0v) is 18.2. The van der Waals surface area contributed by atoms with E-state index in [-0.39, 0.29) is 0 Å². The summed E-state index contributed by atoms with van der Waals surface area (Å²) in [6.45, 7) is 0. The van der Waals surface area contributed by atoms with E-state index in [9.17, 15) is 0 Å². The number of aromatic nitrogens is 4. The third-order valence-electron chi connectivity index (χ3n) is 3.84. The zero-order chi connectivity index (χ0) is 21.1. The van der Waals surface area contributed by atoms with E-state index in [2.05, 4.69) is 49.7 Å². The number of rotatable bonds is 2. The van der Waals surface area contributed by atoms with Crippen LogP contribution in [0.3, 0.4) is 0 Å². The predicted molar refractivity (Wildman–Crippen MR) is 122 cm³/mol. The SMILES string of the molecule is CI.Cn1cnc(-c2ccc(C#N)cc2)c1.N#Cc1ccc(-c2cnc[nH]2)cc1. The van der Waals surface area contributed by atoms with Gasteiger partial charge in [0.25, 0.3) is 0 Å². The highest BCUT2D eigenvalue weighted by atomic mass is 127. The molecule has 4 rings (SSSR count). The van der Waals surface area contributed by atoms with E-state index in [1.54, 1.807) is 43.1 Å². The van der Waals surface area contributed by atoms with E-state index < -0.39 is 0 Å². The van der Waals surface area contributed by atoms with Gasteiger partial charge in [-0.05, 0) is 34.8 Å². The van der Waals surface area contributed by atoms with Crippen LogP contribution in [0, 0.1) is 22.7 Å². The van der Waals surface area contributed by atoms with Gasteiger partial charge in [0.05, 0.1) is 53.5 Å². The average Bonchev–Trinajstić information content (AvgIpc) is 3.48. The Hall–Kier alpha value is -3.43. The minimum atomic E-state index is 0.670. The first-order chi connectivity index (χ1) is 14.2. The molecular weight excluding hydrogens is 475 g/mol. The smallest absolute Gasteiger partial charge is 0.0991 e. The van der Waals surface area contributed by atoms with Crippen molar-refractivity contribution in [1.29, 1.82) is 10.5 Å². The molecule has 0 saturated carbocycles. The summed E-state index contributed by atoms with van der Waals surface area (Å²) in [6, 6.07) is 18.9. The van der Waals surface area contributed by atoms with Crippen LogP contribution < -0.4 is 0 Å². The molecular formula is C22H19IN6. The van der Waals surface area contributed by atoms with Gasteiger partial charge in [-0.1, -0.05) is 46.9 Å². The Kier molecular flexibility index (Phi) is 8.61. The molecule has 0 bridgehead atoms.